The highest BCUT2D eigenvalue weighted by atomic mass is 19.2. The molecule has 0 bridgehead atoms. The maximum absolute atomic E-state index is 12.1. The van der Waals surface area contributed by atoms with Crippen LogP contribution >= 0.6 is 0 Å². The van der Waals surface area contributed by atoms with E-state index in [4.69, 9.17) is 0 Å². The molecule has 4 heteroatoms. The third-order valence-electron chi connectivity index (χ3n) is 0.887. The number of carboxylic acid groups (broad SMARTS) is 1. The van der Waals surface area contributed by atoms with Crippen LogP contribution in [0.5, 0.6) is 0 Å². The zero-order chi connectivity index (χ0) is 8.15. The first-order chi connectivity index (χ1) is 4.59. The minimum atomic E-state index is -2.09. The van der Waals surface area contributed by atoms with E-state index in [1.165, 1.54) is 0 Å². The van der Waals surface area contributed by atoms with Crippen molar-refractivity contribution in [1.82, 2.24) is 0 Å². The second-order valence-corrected chi connectivity index (χ2v) is 1.76. The predicted molar refractivity (Wildman–Crippen MR) is 29.2 cm³/mol. The molecule has 0 saturated heterocycles. The molecule has 0 spiro atoms. The minimum Gasteiger partial charge on any atom is -0.542 e. The first kappa shape index (κ1) is 9.07. The molecule has 0 aliphatic carbocycles. The normalized spacial score (nSPS) is 12.7. The number of hydrogen-bond donors (Lipinski definition) is 0. The summed E-state index contributed by atoms with van der Waals surface area (Å²) in [5.41, 5.74) is 0. The Morgan fingerprint density at radius 2 is 2.00 bits per heavy atom. The van der Waals surface area contributed by atoms with Crippen molar-refractivity contribution in [2.75, 3.05) is 0 Å². The fourth-order valence-electron chi connectivity index (χ4n) is 0.440. The van der Waals surface area contributed by atoms with Gasteiger partial charge in [-0.2, -0.15) is 0 Å². The first-order valence-electron chi connectivity index (χ1n) is 2.85. The second-order valence-electron chi connectivity index (χ2n) is 1.76. The van der Waals surface area contributed by atoms with Crippen LogP contribution in [0.15, 0.2) is 11.7 Å². The van der Waals surface area contributed by atoms with E-state index in [2.05, 4.69) is 0 Å². The zero-order valence-corrected chi connectivity index (χ0v) is 5.49. The Balaban J connectivity index is 4.19. The average Bonchev–Trinajstić information content (AvgIpc) is 1.87. The molecule has 58 valence electrons. The molecule has 0 aromatic rings. The molecular formula is C6H7F2O2-. The Labute approximate surface area is 57.2 Å². The fourth-order valence-corrected chi connectivity index (χ4v) is 0.440. The summed E-state index contributed by atoms with van der Waals surface area (Å²) in [5, 5.41) is 9.63. The van der Waals surface area contributed by atoms with Gasteiger partial charge in [0, 0.05) is 6.42 Å². The summed E-state index contributed by atoms with van der Waals surface area (Å²) in [6, 6.07) is 0. The Morgan fingerprint density at radius 3 is 2.30 bits per heavy atom. The Bertz CT molecular complexity index is 163. The van der Waals surface area contributed by atoms with Crippen LogP contribution in [0.25, 0.3) is 0 Å². The van der Waals surface area contributed by atoms with Crippen molar-refractivity contribution in [3.63, 3.8) is 0 Å². The van der Waals surface area contributed by atoms with E-state index >= 15 is 0 Å². The summed E-state index contributed by atoms with van der Waals surface area (Å²) >= 11 is 0. The van der Waals surface area contributed by atoms with Gasteiger partial charge in [-0.25, -0.2) is 8.78 Å². The van der Waals surface area contributed by atoms with E-state index in [0.29, 0.717) is 6.42 Å². The average molecular weight is 149 g/mol. The van der Waals surface area contributed by atoms with E-state index in [9.17, 15) is 18.7 Å². The third kappa shape index (κ3) is 2.57. The number of rotatable bonds is 3. The van der Waals surface area contributed by atoms with Gasteiger partial charge >= 0.3 is 0 Å². The van der Waals surface area contributed by atoms with Crippen LogP contribution in [0, 0.1) is 0 Å². The number of hydrogen-bond acceptors (Lipinski definition) is 2. The Morgan fingerprint density at radius 1 is 1.50 bits per heavy atom. The van der Waals surface area contributed by atoms with Gasteiger partial charge in [-0.3, -0.25) is 0 Å². The van der Waals surface area contributed by atoms with Crippen molar-refractivity contribution in [2.24, 2.45) is 0 Å². The summed E-state index contributed by atoms with van der Waals surface area (Å²) in [6.07, 6.45) is 0.173. The zero-order valence-electron chi connectivity index (χ0n) is 5.49. The van der Waals surface area contributed by atoms with Gasteiger partial charge in [0.25, 0.3) is 0 Å². The fraction of sp³-hybridized carbons (Fsp3) is 0.500. The molecule has 0 rings (SSSR count). The summed E-state index contributed by atoms with van der Waals surface area (Å²) in [5.74, 6) is -5.13. The molecule has 0 aromatic carbocycles. The largest absolute Gasteiger partial charge is 0.542 e. The Hall–Kier alpha value is -0.930. The minimum absolute atomic E-state index is 0.195. The van der Waals surface area contributed by atoms with Crippen LogP contribution in [0.2, 0.25) is 0 Å². The number of carboxylic acids is 1. The standard InChI is InChI=1S/C6H8F2O2/c1-2-3-4(7)5(8)6(9)10/h2-3H2,1H3,(H,9,10)/p-1/b5-4-. The van der Waals surface area contributed by atoms with Gasteiger partial charge in [0.1, 0.15) is 11.8 Å². The van der Waals surface area contributed by atoms with E-state index in [0.717, 1.165) is 0 Å². The lowest BCUT2D eigenvalue weighted by Gasteiger charge is -1.98. The van der Waals surface area contributed by atoms with Crippen molar-refractivity contribution < 1.29 is 18.7 Å². The molecule has 0 unspecified atom stereocenters. The monoisotopic (exact) mass is 149 g/mol. The first-order valence-corrected chi connectivity index (χ1v) is 2.85. The van der Waals surface area contributed by atoms with Gasteiger partial charge in [0.15, 0.2) is 5.83 Å². The summed E-state index contributed by atoms with van der Waals surface area (Å²) in [6.45, 7) is 1.61. The highest BCUT2D eigenvalue weighted by Crippen LogP contribution is 2.12. The smallest absolute Gasteiger partial charge is 0.177 e. The van der Waals surface area contributed by atoms with Crippen LogP contribution in [-0.4, -0.2) is 5.97 Å². The van der Waals surface area contributed by atoms with E-state index in [-0.39, 0.29) is 6.42 Å². The van der Waals surface area contributed by atoms with Gasteiger partial charge in [-0.1, -0.05) is 6.92 Å². The molecule has 0 atom stereocenters. The summed E-state index contributed by atoms with van der Waals surface area (Å²) < 4.78 is 24.1. The maximum atomic E-state index is 12.1. The molecule has 0 radical (unpaired) electrons. The topological polar surface area (TPSA) is 40.1 Å². The molecule has 0 saturated carbocycles. The van der Waals surface area contributed by atoms with Crippen LogP contribution in [0.4, 0.5) is 8.78 Å². The lowest BCUT2D eigenvalue weighted by molar-refractivity contribution is -0.301. The molecule has 0 aromatic heterocycles. The van der Waals surface area contributed by atoms with Crippen LogP contribution in [0.1, 0.15) is 19.8 Å². The molecule has 0 fully saturated rings. The number of halogens is 2. The van der Waals surface area contributed by atoms with Crippen LogP contribution in [-0.2, 0) is 4.79 Å². The molecule has 0 aliphatic heterocycles. The van der Waals surface area contributed by atoms with Gasteiger partial charge < -0.3 is 9.90 Å². The molecule has 10 heavy (non-hydrogen) atoms. The molecule has 0 aliphatic rings. The second kappa shape index (κ2) is 3.98. The van der Waals surface area contributed by atoms with Gasteiger partial charge in [0.2, 0.25) is 0 Å². The van der Waals surface area contributed by atoms with Gasteiger partial charge in [-0.05, 0) is 6.42 Å². The van der Waals surface area contributed by atoms with Crippen molar-refractivity contribution in [3.05, 3.63) is 11.7 Å². The van der Waals surface area contributed by atoms with Gasteiger partial charge in [-0.15, -0.1) is 0 Å². The summed E-state index contributed by atoms with van der Waals surface area (Å²) in [7, 11) is 0. The van der Waals surface area contributed by atoms with Crippen molar-refractivity contribution in [2.45, 2.75) is 19.8 Å². The molecule has 2 nitrogen and oxygen atoms in total. The predicted octanol–water partition coefficient (Wildman–Crippen LogP) is 0.687. The maximum Gasteiger partial charge on any atom is 0.177 e. The summed E-state index contributed by atoms with van der Waals surface area (Å²) in [4.78, 5) is 9.63. The highest BCUT2D eigenvalue weighted by molar-refractivity contribution is 5.82. The van der Waals surface area contributed by atoms with Gasteiger partial charge in [0.05, 0.1) is 0 Å². The lowest BCUT2D eigenvalue weighted by Crippen LogP contribution is -2.23. The number of carbonyl (C=O) groups excluding carboxylic acids is 1. The Kier molecular flexibility index (Phi) is 3.61. The van der Waals surface area contributed by atoms with E-state index < -0.39 is 17.6 Å². The molecule has 0 amide bonds. The molecule has 0 heterocycles. The molecule has 0 N–H and O–H groups in total. The van der Waals surface area contributed by atoms with Crippen molar-refractivity contribution >= 4 is 5.97 Å². The van der Waals surface area contributed by atoms with Crippen molar-refractivity contribution in [3.8, 4) is 0 Å². The number of carbonyl (C=O) groups is 1. The van der Waals surface area contributed by atoms with E-state index in [1.54, 1.807) is 6.92 Å². The number of allylic oxidation sites excluding steroid dienone is 1. The van der Waals surface area contributed by atoms with Crippen LogP contribution < -0.4 is 5.11 Å². The SMILES string of the molecule is CCC/C(F)=C(/F)C(=O)[O-]. The van der Waals surface area contributed by atoms with Crippen molar-refractivity contribution in [1.29, 1.82) is 0 Å². The lowest BCUT2D eigenvalue weighted by atomic mass is 10.3. The quantitative estimate of drug-likeness (QED) is 0.554. The highest BCUT2D eigenvalue weighted by Gasteiger charge is 2.04. The van der Waals surface area contributed by atoms with E-state index in [1.807, 2.05) is 0 Å². The molecular weight excluding hydrogens is 142 g/mol. The number of aliphatic carboxylic acids is 1. The van der Waals surface area contributed by atoms with Crippen LogP contribution in [0.3, 0.4) is 0 Å². The third-order valence-corrected chi connectivity index (χ3v) is 0.887.